The first-order valence-corrected chi connectivity index (χ1v) is 13.3. The zero-order valence-corrected chi connectivity index (χ0v) is 21.2. The Morgan fingerprint density at radius 1 is 1.00 bits per heavy atom. The summed E-state index contributed by atoms with van der Waals surface area (Å²) in [6, 6.07) is 4.71. The van der Waals surface area contributed by atoms with Crippen molar-refractivity contribution in [3.63, 3.8) is 0 Å². The number of hydrogen-bond acceptors (Lipinski definition) is 6. The van der Waals surface area contributed by atoms with E-state index in [9.17, 15) is 24.3 Å². The molecule has 1 aromatic rings. The monoisotopic (exact) mass is 501 g/mol. The predicted octanol–water partition coefficient (Wildman–Crippen LogP) is 4.16. The topological polar surface area (TPSA) is 101 Å². The summed E-state index contributed by atoms with van der Waals surface area (Å²) >= 11 is 0. The maximum atomic E-state index is 13.9. The lowest BCUT2D eigenvalue weighted by Gasteiger charge is -2.42. The molecule has 1 aliphatic heterocycles. The van der Waals surface area contributed by atoms with Crippen LogP contribution >= 0.6 is 0 Å². The average molecular weight is 502 g/mol. The Morgan fingerprint density at radius 2 is 1.76 bits per heavy atom. The highest BCUT2D eigenvalue weighted by Crippen LogP contribution is 2.56. The molecule has 1 saturated heterocycles. The van der Waals surface area contributed by atoms with Gasteiger partial charge in [0.05, 0.1) is 18.9 Å². The fourth-order valence-corrected chi connectivity index (χ4v) is 7.40. The van der Waals surface area contributed by atoms with E-state index >= 15 is 0 Å². The van der Waals surface area contributed by atoms with Crippen LogP contribution in [0, 0.1) is 17.8 Å². The highest BCUT2D eigenvalue weighted by Gasteiger charge is 2.57. The number of phenolic OH excluding ortho intramolecular Hbond substituents is 1. The SMILES string of the molecule is COc1cc(O)ccc1[C@H]1C2=CC[C@@H]3C(=O)N(C4CCCCC4)C(=O)[C@@H]3[C@@H]2CC2=C1C(=O)C=C(C)C2=O. The zero-order chi connectivity index (χ0) is 26.0. The van der Waals surface area contributed by atoms with Gasteiger partial charge < -0.3 is 9.84 Å². The molecule has 7 nitrogen and oxygen atoms in total. The van der Waals surface area contributed by atoms with E-state index in [1.165, 1.54) is 19.3 Å². The number of ketones is 2. The Hall–Kier alpha value is -3.48. The molecule has 4 atom stereocenters. The summed E-state index contributed by atoms with van der Waals surface area (Å²) in [5.74, 6) is -2.08. The number of benzene rings is 1. The van der Waals surface area contributed by atoms with Gasteiger partial charge in [0.25, 0.3) is 0 Å². The summed E-state index contributed by atoms with van der Waals surface area (Å²) in [6.07, 6.45) is 8.98. The zero-order valence-electron chi connectivity index (χ0n) is 21.2. The summed E-state index contributed by atoms with van der Waals surface area (Å²) in [5, 5.41) is 10.1. The van der Waals surface area contributed by atoms with Crippen molar-refractivity contribution >= 4 is 23.4 Å². The number of nitrogens with zero attached hydrogens (tertiary/aromatic N) is 1. The van der Waals surface area contributed by atoms with Gasteiger partial charge in [-0.15, -0.1) is 0 Å². The third-order valence-electron chi connectivity index (χ3n) is 9.06. The number of allylic oxidation sites excluding steroid dienone is 6. The molecule has 0 spiro atoms. The van der Waals surface area contributed by atoms with E-state index in [4.69, 9.17) is 4.74 Å². The van der Waals surface area contributed by atoms with Gasteiger partial charge in [-0.1, -0.05) is 37.0 Å². The summed E-state index contributed by atoms with van der Waals surface area (Å²) in [7, 11) is 1.50. The van der Waals surface area contributed by atoms with Crippen LogP contribution in [0.25, 0.3) is 0 Å². The van der Waals surface area contributed by atoms with Crippen LogP contribution in [-0.2, 0) is 19.2 Å². The highest BCUT2D eigenvalue weighted by molar-refractivity contribution is 6.23. The molecule has 1 aromatic carbocycles. The van der Waals surface area contributed by atoms with Crippen LogP contribution in [0.1, 0.15) is 63.4 Å². The summed E-state index contributed by atoms with van der Waals surface area (Å²) in [5.41, 5.74) is 2.80. The van der Waals surface area contributed by atoms with Crippen molar-refractivity contribution in [1.29, 1.82) is 0 Å². The molecule has 7 heteroatoms. The van der Waals surface area contributed by atoms with E-state index in [0.717, 1.165) is 37.7 Å². The standard InChI is InChI=1S/C30H31NO6/c1-15-12-23(33)27-22(28(15)34)14-21-18(25(27)19-9-8-17(32)13-24(19)37-2)10-11-20-26(21)30(36)31(29(20)35)16-6-4-3-5-7-16/h8-10,12-13,16,20-21,25-26,32H,3-7,11,14H2,1-2H3/t20-,21+,25+,26-/m0/s1. The first-order chi connectivity index (χ1) is 17.8. The van der Waals surface area contributed by atoms with Gasteiger partial charge >= 0.3 is 0 Å². The van der Waals surface area contributed by atoms with Crippen LogP contribution in [0.2, 0.25) is 0 Å². The van der Waals surface area contributed by atoms with Gasteiger partial charge in [0.15, 0.2) is 11.6 Å². The van der Waals surface area contributed by atoms with E-state index in [1.54, 1.807) is 24.0 Å². The lowest BCUT2D eigenvalue weighted by atomic mass is 9.59. The molecule has 0 bridgehead atoms. The van der Waals surface area contributed by atoms with Crippen molar-refractivity contribution in [3.8, 4) is 11.5 Å². The average Bonchev–Trinajstić information content (AvgIpc) is 3.16. The molecule has 0 aromatic heterocycles. The van der Waals surface area contributed by atoms with Gasteiger partial charge in [0, 0.05) is 40.3 Å². The number of aromatic hydroxyl groups is 1. The van der Waals surface area contributed by atoms with Crippen LogP contribution in [0.3, 0.4) is 0 Å². The van der Waals surface area contributed by atoms with Crippen LogP contribution in [-0.4, -0.2) is 46.5 Å². The molecule has 1 N–H and O–H groups in total. The molecule has 2 amide bonds. The number of imide groups is 1. The van der Waals surface area contributed by atoms with Gasteiger partial charge in [0.2, 0.25) is 11.8 Å². The molecule has 192 valence electrons. The Morgan fingerprint density at radius 3 is 2.49 bits per heavy atom. The largest absolute Gasteiger partial charge is 0.508 e. The van der Waals surface area contributed by atoms with Gasteiger partial charge in [-0.3, -0.25) is 24.1 Å². The van der Waals surface area contributed by atoms with Crippen LogP contribution in [0.4, 0.5) is 0 Å². The maximum Gasteiger partial charge on any atom is 0.233 e. The van der Waals surface area contributed by atoms with E-state index in [2.05, 4.69) is 0 Å². The molecule has 5 aliphatic rings. The van der Waals surface area contributed by atoms with E-state index in [-0.39, 0.29) is 47.5 Å². The van der Waals surface area contributed by atoms with Crippen molar-refractivity contribution in [3.05, 3.63) is 58.2 Å². The van der Waals surface area contributed by atoms with E-state index in [1.807, 2.05) is 6.08 Å². The number of methoxy groups -OCH3 is 1. The normalized spacial score (nSPS) is 30.1. The minimum absolute atomic E-state index is 0.0290. The maximum absolute atomic E-state index is 13.9. The number of ether oxygens (including phenoxy) is 1. The molecule has 2 fully saturated rings. The number of carbonyl (C=O) groups is 4. The molecule has 0 radical (unpaired) electrons. The third kappa shape index (κ3) is 3.54. The van der Waals surface area contributed by atoms with Gasteiger partial charge in [-0.05, 0) is 50.7 Å². The number of rotatable bonds is 3. The quantitative estimate of drug-likeness (QED) is 0.379. The van der Waals surface area contributed by atoms with Crippen molar-refractivity contribution < 1.29 is 29.0 Å². The van der Waals surface area contributed by atoms with Crippen molar-refractivity contribution in [2.75, 3.05) is 7.11 Å². The fraction of sp³-hybridized carbons (Fsp3) is 0.467. The number of amides is 2. The molecular formula is C30H31NO6. The first kappa shape index (κ1) is 23.9. The summed E-state index contributed by atoms with van der Waals surface area (Å²) < 4.78 is 5.59. The number of carbonyl (C=O) groups excluding carboxylic acids is 4. The Labute approximate surface area is 215 Å². The number of hydrogen-bond donors (Lipinski definition) is 1. The lowest BCUT2D eigenvalue weighted by Crippen LogP contribution is -2.43. The molecular weight excluding hydrogens is 470 g/mol. The fourth-order valence-electron chi connectivity index (χ4n) is 7.40. The van der Waals surface area contributed by atoms with Gasteiger partial charge in [-0.25, -0.2) is 0 Å². The molecule has 1 saturated carbocycles. The Bertz CT molecular complexity index is 1330. The van der Waals surface area contributed by atoms with Crippen molar-refractivity contribution in [2.24, 2.45) is 17.8 Å². The lowest BCUT2D eigenvalue weighted by molar-refractivity contribution is -0.143. The van der Waals surface area contributed by atoms with Crippen LogP contribution in [0.15, 0.2) is 52.6 Å². The van der Waals surface area contributed by atoms with Crippen molar-refractivity contribution in [2.45, 2.75) is 63.8 Å². The second-order valence-electron chi connectivity index (χ2n) is 11.0. The van der Waals surface area contributed by atoms with Crippen molar-refractivity contribution in [1.82, 2.24) is 4.90 Å². The number of fused-ring (bicyclic) bond motifs is 3. The minimum Gasteiger partial charge on any atom is -0.508 e. The summed E-state index contributed by atoms with van der Waals surface area (Å²) in [4.78, 5) is 55.8. The van der Waals surface area contributed by atoms with E-state index < -0.39 is 17.8 Å². The predicted molar refractivity (Wildman–Crippen MR) is 135 cm³/mol. The molecule has 4 aliphatic carbocycles. The molecule has 1 heterocycles. The Balaban J connectivity index is 1.48. The highest BCUT2D eigenvalue weighted by atomic mass is 16.5. The van der Waals surface area contributed by atoms with Gasteiger partial charge in [-0.2, -0.15) is 0 Å². The van der Waals surface area contributed by atoms with E-state index in [0.29, 0.717) is 34.5 Å². The van der Waals surface area contributed by atoms with Crippen LogP contribution < -0.4 is 4.74 Å². The molecule has 0 unspecified atom stereocenters. The second kappa shape index (κ2) is 8.82. The molecule has 37 heavy (non-hydrogen) atoms. The number of likely N-dealkylation sites (tertiary alicyclic amines) is 1. The molecule has 6 rings (SSSR count). The Kier molecular flexibility index (Phi) is 5.70. The second-order valence-corrected chi connectivity index (χ2v) is 11.0. The number of phenols is 1. The van der Waals surface area contributed by atoms with Gasteiger partial charge in [0.1, 0.15) is 11.5 Å². The number of Topliss-reactive ketones (excluding diaryl/α,β-unsaturated/α-hetero) is 1. The van der Waals surface area contributed by atoms with Crippen LogP contribution in [0.5, 0.6) is 11.5 Å². The minimum atomic E-state index is -0.585. The first-order valence-electron chi connectivity index (χ1n) is 13.3. The summed E-state index contributed by atoms with van der Waals surface area (Å²) in [6.45, 7) is 1.64. The smallest absolute Gasteiger partial charge is 0.233 e. The third-order valence-corrected chi connectivity index (χ3v) is 9.06.